The average molecular weight is 516 g/mol. The van der Waals surface area contributed by atoms with Crippen LogP contribution in [0.1, 0.15) is 76.1 Å². The number of rotatable bonds is 5. The van der Waals surface area contributed by atoms with Crippen molar-refractivity contribution >= 4 is 29.5 Å². The second-order valence-electron chi connectivity index (χ2n) is 11.8. The molecule has 2 N–H and O–H groups in total. The Balaban J connectivity index is 1.34. The van der Waals surface area contributed by atoms with Gasteiger partial charge in [0.2, 0.25) is 5.89 Å². The molecule has 5 rings (SSSR count). The van der Waals surface area contributed by atoms with Crippen molar-refractivity contribution in [3.63, 3.8) is 0 Å². The summed E-state index contributed by atoms with van der Waals surface area (Å²) in [6.07, 6.45) is 1.75. The molecule has 4 aromatic rings. The normalized spacial score (nSPS) is 16.8. The lowest BCUT2D eigenvalue weighted by Crippen LogP contribution is -2.41. The number of aromatic amines is 1. The summed E-state index contributed by atoms with van der Waals surface area (Å²) < 4.78 is 17.6. The van der Waals surface area contributed by atoms with Crippen LogP contribution in [0.5, 0.6) is 0 Å². The average Bonchev–Trinajstić information content (AvgIpc) is 3.54. The standard InChI is InChI=1S/C27H33BN6O4/c1-15-11-16(9-10-17(15)13-30-23(35)22-31-24(36-34-22)25(2,3)4)20-19-12-18(14-29-21(19)33-32-20)28-37-26(5,6)27(7,8)38-28/h9-12,14H,13H2,1-8H3,(H,30,35)(H,29,32,33). The van der Waals surface area contributed by atoms with Crippen LogP contribution in [0.3, 0.4) is 0 Å². The minimum absolute atomic E-state index is 0.0263. The van der Waals surface area contributed by atoms with Crippen LogP contribution in [0.25, 0.3) is 22.3 Å². The molecule has 3 aromatic heterocycles. The monoisotopic (exact) mass is 516 g/mol. The number of hydrogen-bond donors (Lipinski definition) is 2. The van der Waals surface area contributed by atoms with Gasteiger partial charge in [0, 0.05) is 34.6 Å². The minimum atomic E-state index is -0.508. The molecule has 0 bridgehead atoms. The fourth-order valence-electron chi connectivity index (χ4n) is 4.17. The molecule has 0 aliphatic carbocycles. The summed E-state index contributed by atoms with van der Waals surface area (Å²) in [6.45, 7) is 16.3. The van der Waals surface area contributed by atoms with E-state index in [4.69, 9.17) is 13.8 Å². The first kappa shape index (κ1) is 26.1. The molecule has 4 heterocycles. The maximum Gasteiger partial charge on any atom is 0.496 e. The van der Waals surface area contributed by atoms with Crippen molar-refractivity contribution in [2.75, 3.05) is 0 Å². The Hall–Kier alpha value is -3.57. The third-order valence-electron chi connectivity index (χ3n) is 7.30. The van der Waals surface area contributed by atoms with E-state index in [1.54, 1.807) is 6.20 Å². The van der Waals surface area contributed by atoms with Gasteiger partial charge in [-0.05, 0) is 57.9 Å². The molecule has 1 amide bonds. The summed E-state index contributed by atoms with van der Waals surface area (Å²) in [7, 11) is -0.508. The van der Waals surface area contributed by atoms with E-state index in [2.05, 4.69) is 36.7 Å². The van der Waals surface area contributed by atoms with Crippen molar-refractivity contribution in [2.24, 2.45) is 0 Å². The number of fused-ring (bicyclic) bond motifs is 1. The van der Waals surface area contributed by atoms with Crippen molar-refractivity contribution in [3.8, 4) is 11.3 Å². The Morgan fingerprint density at radius 2 is 1.82 bits per heavy atom. The van der Waals surface area contributed by atoms with Gasteiger partial charge in [-0.2, -0.15) is 10.1 Å². The van der Waals surface area contributed by atoms with Gasteiger partial charge in [-0.25, -0.2) is 4.98 Å². The van der Waals surface area contributed by atoms with Crippen LogP contribution >= 0.6 is 0 Å². The van der Waals surface area contributed by atoms with Crippen LogP contribution in [0, 0.1) is 6.92 Å². The first-order chi connectivity index (χ1) is 17.7. The third kappa shape index (κ3) is 4.72. The Kier molecular flexibility index (Phi) is 6.19. The van der Waals surface area contributed by atoms with E-state index < -0.39 is 18.3 Å². The summed E-state index contributed by atoms with van der Waals surface area (Å²) in [5.41, 5.74) is 4.06. The van der Waals surface area contributed by atoms with E-state index in [1.807, 2.05) is 73.6 Å². The van der Waals surface area contributed by atoms with Gasteiger partial charge in [0.05, 0.1) is 16.9 Å². The van der Waals surface area contributed by atoms with Gasteiger partial charge in [-0.15, -0.1) is 0 Å². The molecule has 10 nitrogen and oxygen atoms in total. The molecule has 1 aromatic carbocycles. The summed E-state index contributed by atoms with van der Waals surface area (Å²) in [5, 5.41) is 15.1. The van der Waals surface area contributed by atoms with Crippen molar-refractivity contribution in [1.82, 2.24) is 30.6 Å². The molecule has 1 aliphatic heterocycles. The number of aryl methyl sites for hydroxylation is 1. The largest absolute Gasteiger partial charge is 0.496 e. The van der Waals surface area contributed by atoms with E-state index in [-0.39, 0.29) is 17.1 Å². The van der Waals surface area contributed by atoms with Crippen LogP contribution in [0.15, 0.2) is 35.0 Å². The maximum atomic E-state index is 12.6. The van der Waals surface area contributed by atoms with Crippen LogP contribution < -0.4 is 10.8 Å². The second kappa shape index (κ2) is 9.02. The third-order valence-corrected chi connectivity index (χ3v) is 7.30. The van der Waals surface area contributed by atoms with Crippen LogP contribution in [-0.4, -0.2) is 49.5 Å². The Bertz CT molecular complexity index is 1500. The predicted octanol–water partition coefficient (Wildman–Crippen LogP) is 3.84. The molecule has 1 fully saturated rings. The first-order valence-corrected chi connectivity index (χ1v) is 12.7. The number of amides is 1. The van der Waals surface area contributed by atoms with E-state index in [0.717, 1.165) is 33.2 Å². The van der Waals surface area contributed by atoms with E-state index in [9.17, 15) is 4.79 Å². The van der Waals surface area contributed by atoms with Gasteiger partial charge >= 0.3 is 7.12 Å². The van der Waals surface area contributed by atoms with Crippen molar-refractivity contribution < 1.29 is 18.6 Å². The molecular weight excluding hydrogens is 483 g/mol. The number of H-pyrrole nitrogens is 1. The SMILES string of the molecule is Cc1cc(-c2[nH]nc3ncc(B4OC(C)(C)C(C)(C)O4)cc23)ccc1CNC(=O)c1noc(C(C)(C)C)n1. The molecule has 0 atom stereocenters. The summed E-state index contributed by atoms with van der Waals surface area (Å²) in [6, 6.07) is 8.06. The summed E-state index contributed by atoms with van der Waals surface area (Å²) in [4.78, 5) is 21.3. The second-order valence-corrected chi connectivity index (χ2v) is 11.8. The zero-order valence-corrected chi connectivity index (χ0v) is 23.1. The highest BCUT2D eigenvalue weighted by Gasteiger charge is 2.51. The number of carbonyl (C=O) groups excluding carboxylic acids is 1. The Morgan fingerprint density at radius 3 is 2.45 bits per heavy atom. The molecule has 0 radical (unpaired) electrons. The lowest BCUT2D eigenvalue weighted by Gasteiger charge is -2.32. The number of nitrogens with one attached hydrogen (secondary N) is 2. The summed E-state index contributed by atoms with van der Waals surface area (Å²) >= 11 is 0. The first-order valence-electron chi connectivity index (χ1n) is 12.7. The molecule has 38 heavy (non-hydrogen) atoms. The molecule has 11 heteroatoms. The van der Waals surface area contributed by atoms with Gasteiger partial charge in [0.25, 0.3) is 11.7 Å². The highest BCUT2D eigenvalue weighted by molar-refractivity contribution is 6.62. The number of carbonyl (C=O) groups is 1. The van der Waals surface area contributed by atoms with E-state index in [0.29, 0.717) is 18.1 Å². The lowest BCUT2D eigenvalue weighted by atomic mass is 9.80. The van der Waals surface area contributed by atoms with Gasteiger partial charge < -0.3 is 19.1 Å². The Morgan fingerprint density at radius 1 is 1.11 bits per heavy atom. The molecule has 0 saturated carbocycles. The highest BCUT2D eigenvalue weighted by atomic mass is 16.7. The van der Waals surface area contributed by atoms with Gasteiger partial charge in [-0.1, -0.05) is 38.1 Å². The zero-order valence-electron chi connectivity index (χ0n) is 23.1. The smallest absolute Gasteiger partial charge is 0.399 e. The molecule has 0 spiro atoms. The fourth-order valence-corrected chi connectivity index (χ4v) is 4.17. The predicted molar refractivity (Wildman–Crippen MR) is 144 cm³/mol. The molecule has 1 aliphatic rings. The fraction of sp³-hybridized carbons (Fsp3) is 0.444. The quantitative estimate of drug-likeness (QED) is 0.383. The van der Waals surface area contributed by atoms with Gasteiger partial charge in [0.1, 0.15) is 0 Å². The van der Waals surface area contributed by atoms with Gasteiger partial charge in [-0.3, -0.25) is 9.89 Å². The maximum absolute atomic E-state index is 12.6. The Labute approximate surface area is 222 Å². The van der Waals surface area contributed by atoms with Crippen molar-refractivity contribution in [1.29, 1.82) is 0 Å². The highest BCUT2D eigenvalue weighted by Crippen LogP contribution is 2.37. The van der Waals surface area contributed by atoms with Crippen LogP contribution in [-0.2, 0) is 21.3 Å². The zero-order chi connectivity index (χ0) is 27.5. The number of hydrogen-bond acceptors (Lipinski definition) is 8. The van der Waals surface area contributed by atoms with Crippen molar-refractivity contribution in [2.45, 2.75) is 78.6 Å². The topological polar surface area (TPSA) is 128 Å². The molecule has 198 valence electrons. The van der Waals surface area contributed by atoms with Gasteiger partial charge in [0.15, 0.2) is 5.65 Å². The van der Waals surface area contributed by atoms with Crippen molar-refractivity contribution in [3.05, 3.63) is 53.3 Å². The van der Waals surface area contributed by atoms with E-state index in [1.165, 1.54) is 0 Å². The number of aromatic nitrogens is 5. The number of benzene rings is 1. The molecule has 1 saturated heterocycles. The summed E-state index contributed by atoms with van der Waals surface area (Å²) in [5.74, 6) is 0.0677. The number of nitrogens with zero attached hydrogens (tertiary/aromatic N) is 4. The van der Waals surface area contributed by atoms with Crippen LogP contribution in [0.2, 0.25) is 0 Å². The van der Waals surface area contributed by atoms with E-state index >= 15 is 0 Å². The lowest BCUT2D eigenvalue weighted by molar-refractivity contribution is 0.00578. The molecule has 0 unspecified atom stereocenters. The van der Waals surface area contributed by atoms with Crippen LogP contribution in [0.4, 0.5) is 0 Å². The number of pyridine rings is 1. The minimum Gasteiger partial charge on any atom is -0.399 e. The molecular formula is C27H33BN6O4.